The first-order chi connectivity index (χ1) is 7.80. The Labute approximate surface area is 101 Å². The van der Waals surface area contributed by atoms with Gasteiger partial charge in [0.2, 0.25) is 0 Å². The predicted octanol–water partition coefficient (Wildman–Crippen LogP) is 1.06. The zero-order chi connectivity index (χ0) is 12.7. The van der Waals surface area contributed by atoms with E-state index in [1.54, 1.807) is 39.1 Å². The van der Waals surface area contributed by atoms with Gasteiger partial charge in [0.1, 0.15) is 0 Å². The Morgan fingerprint density at radius 3 is 2.71 bits per heavy atom. The monoisotopic (exact) mass is 253 g/mol. The minimum absolute atomic E-state index is 0.0931. The molecule has 1 N–H and O–H groups in total. The van der Waals surface area contributed by atoms with Crippen LogP contribution in [0.25, 0.3) is 0 Å². The lowest BCUT2D eigenvalue weighted by atomic mass is 10.1. The van der Waals surface area contributed by atoms with Crippen molar-refractivity contribution in [2.75, 3.05) is 0 Å². The van der Waals surface area contributed by atoms with E-state index in [1.807, 2.05) is 0 Å². The molecule has 0 saturated carbocycles. The molecule has 0 saturated heterocycles. The van der Waals surface area contributed by atoms with Crippen molar-refractivity contribution in [3.05, 3.63) is 29.6 Å². The van der Waals surface area contributed by atoms with Crippen LogP contribution in [0.4, 0.5) is 0 Å². The fourth-order valence-corrected chi connectivity index (χ4v) is 3.28. The number of rotatable bonds is 1. The van der Waals surface area contributed by atoms with Crippen LogP contribution in [-0.4, -0.2) is 24.0 Å². The first-order valence-corrected chi connectivity index (χ1v) is 6.81. The minimum atomic E-state index is -3.57. The predicted molar refractivity (Wildman–Crippen MR) is 66.3 cm³/mol. The van der Waals surface area contributed by atoms with Gasteiger partial charge < -0.3 is 0 Å². The molecular formula is C11H15N3O2S. The van der Waals surface area contributed by atoms with Crippen molar-refractivity contribution in [1.29, 1.82) is 0 Å². The van der Waals surface area contributed by atoms with Crippen LogP contribution in [0.2, 0.25) is 0 Å². The number of pyridine rings is 1. The average molecular weight is 253 g/mol. The summed E-state index contributed by atoms with van der Waals surface area (Å²) in [6.07, 6.45) is 1.64. The third-order valence-corrected chi connectivity index (χ3v) is 3.93. The smallest absolute Gasteiger partial charge is 0.258 e. The van der Waals surface area contributed by atoms with Gasteiger partial charge in [-0.2, -0.15) is 0 Å². The highest BCUT2D eigenvalue weighted by Crippen LogP contribution is 2.19. The van der Waals surface area contributed by atoms with Crippen molar-refractivity contribution in [2.45, 2.75) is 32.9 Å². The Bertz CT molecular complexity index is 571. The second-order valence-corrected chi connectivity index (χ2v) is 6.57. The molecule has 0 aromatic carbocycles. The Hall–Kier alpha value is -1.27. The first-order valence-electron chi connectivity index (χ1n) is 5.32. The fourth-order valence-electron chi connectivity index (χ4n) is 1.67. The molecule has 2 heterocycles. The Morgan fingerprint density at radius 2 is 2.06 bits per heavy atom. The Kier molecular flexibility index (Phi) is 2.79. The molecule has 0 amide bonds. The maximum atomic E-state index is 12.1. The summed E-state index contributed by atoms with van der Waals surface area (Å²) in [5.41, 5.74) is 0.790. The maximum Gasteiger partial charge on any atom is 0.258 e. The van der Waals surface area contributed by atoms with E-state index in [0.717, 1.165) is 0 Å². The molecule has 2 rings (SSSR count). The number of hydrogen-bond acceptors (Lipinski definition) is 4. The Morgan fingerprint density at radius 1 is 1.35 bits per heavy atom. The minimum Gasteiger partial charge on any atom is -0.265 e. The standard InChI is InChI=1S/C11H15N3O2S/c1-11(2,3)14-17(15,16)10-8-5-4-6-12-9(8)7-13-10/h4-6,14H,7H2,1-3H3. The van der Waals surface area contributed by atoms with Crippen LogP contribution in [0.3, 0.4) is 0 Å². The molecule has 0 fully saturated rings. The summed E-state index contributed by atoms with van der Waals surface area (Å²) >= 11 is 0. The van der Waals surface area contributed by atoms with Crippen LogP contribution >= 0.6 is 0 Å². The highest BCUT2D eigenvalue weighted by atomic mass is 32.2. The van der Waals surface area contributed by atoms with Crippen LogP contribution in [0.5, 0.6) is 0 Å². The van der Waals surface area contributed by atoms with Crippen molar-refractivity contribution in [1.82, 2.24) is 9.71 Å². The molecule has 0 bridgehead atoms. The van der Waals surface area contributed by atoms with Crippen LogP contribution in [0.15, 0.2) is 23.3 Å². The molecule has 6 heteroatoms. The summed E-state index contributed by atoms with van der Waals surface area (Å²) in [7, 11) is -3.57. The molecule has 17 heavy (non-hydrogen) atoms. The molecule has 1 aliphatic rings. The molecule has 0 atom stereocenters. The summed E-state index contributed by atoms with van der Waals surface area (Å²) in [4.78, 5) is 8.18. The molecular weight excluding hydrogens is 238 g/mol. The summed E-state index contributed by atoms with van der Waals surface area (Å²) in [6, 6.07) is 3.45. The van der Waals surface area contributed by atoms with E-state index < -0.39 is 15.6 Å². The molecule has 1 aromatic heterocycles. The number of hydrogen-bond donors (Lipinski definition) is 1. The van der Waals surface area contributed by atoms with Crippen molar-refractivity contribution in [3.8, 4) is 0 Å². The molecule has 5 nitrogen and oxygen atoms in total. The van der Waals surface area contributed by atoms with Gasteiger partial charge in [-0.05, 0) is 32.9 Å². The van der Waals surface area contributed by atoms with E-state index >= 15 is 0 Å². The number of nitrogens with zero attached hydrogens (tertiary/aromatic N) is 2. The molecule has 1 aromatic rings. The van der Waals surface area contributed by atoms with E-state index in [4.69, 9.17) is 0 Å². The fraction of sp³-hybridized carbons (Fsp3) is 0.455. The van der Waals surface area contributed by atoms with E-state index in [9.17, 15) is 8.42 Å². The van der Waals surface area contributed by atoms with E-state index in [1.165, 1.54) is 0 Å². The second kappa shape index (κ2) is 3.89. The second-order valence-electron chi connectivity index (χ2n) is 4.97. The topological polar surface area (TPSA) is 71.4 Å². The van der Waals surface area contributed by atoms with Gasteiger partial charge in [0, 0.05) is 17.3 Å². The van der Waals surface area contributed by atoms with Gasteiger partial charge in [0.15, 0.2) is 5.04 Å². The lowest BCUT2D eigenvalue weighted by Crippen LogP contribution is -2.43. The molecule has 0 spiro atoms. The summed E-state index contributed by atoms with van der Waals surface area (Å²) in [5, 5.41) is 0.0931. The van der Waals surface area contributed by atoms with Gasteiger partial charge in [-0.1, -0.05) is 0 Å². The quantitative estimate of drug-likeness (QED) is 0.813. The zero-order valence-corrected chi connectivity index (χ0v) is 10.9. The van der Waals surface area contributed by atoms with Gasteiger partial charge in [0.05, 0.1) is 12.2 Å². The normalized spacial score (nSPS) is 15.6. The summed E-state index contributed by atoms with van der Waals surface area (Å²) < 4.78 is 26.9. The largest absolute Gasteiger partial charge is 0.265 e. The Balaban J connectivity index is 2.38. The van der Waals surface area contributed by atoms with Gasteiger partial charge in [-0.3, -0.25) is 9.98 Å². The van der Waals surface area contributed by atoms with Crippen LogP contribution in [0.1, 0.15) is 32.0 Å². The van der Waals surface area contributed by atoms with Crippen molar-refractivity contribution >= 4 is 15.1 Å². The highest BCUT2D eigenvalue weighted by Gasteiger charge is 2.31. The van der Waals surface area contributed by atoms with E-state index in [-0.39, 0.29) is 5.04 Å². The first kappa shape index (κ1) is 12.2. The van der Waals surface area contributed by atoms with Gasteiger partial charge in [0.25, 0.3) is 10.0 Å². The highest BCUT2D eigenvalue weighted by molar-refractivity contribution is 8.05. The van der Waals surface area contributed by atoms with Crippen molar-refractivity contribution < 1.29 is 8.42 Å². The van der Waals surface area contributed by atoms with Crippen molar-refractivity contribution in [3.63, 3.8) is 0 Å². The molecule has 0 radical (unpaired) electrons. The molecule has 1 aliphatic heterocycles. The molecule has 92 valence electrons. The lowest BCUT2D eigenvalue weighted by molar-refractivity contribution is 0.498. The maximum absolute atomic E-state index is 12.1. The third-order valence-electron chi connectivity index (χ3n) is 2.19. The lowest BCUT2D eigenvalue weighted by Gasteiger charge is -2.20. The summed E-state index contributed by atoms with van der Waals surface area (Å²) in [6.45, 7) is 5.72. The SMILES string of the molecule is CC(C)(C)NS(=O)(=O)C1=NCc2ncccc21. The molecule has 0 unspecified atom stereocenters. The van der Waals surface area contributed by atoms with Crippen LogP contribution < -0.4 is 4.72 Å². The van der Waals surface area contributed by atoms with Gasteiger partial charge >= 0.3 is 0 Å². The number of aromatic nitrogens is 1. The number of aliphatic imine (C=N–C) groups is 1. The number of nitrogens with one attached hydrogen (secondary N) is 1. The number of fused-ring (bicyclic) bond motifs is 1. The third kappa shape index (κ3) is 2.53. The van der Waals surface area contributed by atoms with Gasteiger partial charge in [-0.15, -0.1) is 0 Å². The van der Waals surface area contributed by atoms with Crippen LogP contribution in [0, 0.1) is 0 Å². The number of sulfonamides is 1. The summed E-state index contributed by atoms with van der Waals surface area (Å²) in [5.74, 6) is 0. The van der Waals surface area contributed by atoms with Gasteiger partial charge in [-0.25, -0.2) is 13.1 Å². The van der Waals surface area contributed by atoms with Crippen molar-refractivity contribution in [2.24, 2.45) is 4.99 Å². The zero-order valence-electron chi connectivity index (χ0n) is 10.1. The van der Waals surface area contributed by atoms with E-state index in [2.05, 4.69) is 14.7 Å². The van der Waals surface area contributed by atoms with E-state index in [0.29, 0.717) is 17.8 Å². The van der Waals surface area contributed by atoms with Crippen LogP contribution in [-0.2, 0) is 16.6 Å². The molecule has 0 aliphatic carbocycles. The average Bonchev–Trinajstić information content (AvgIpc) is 2.57.